The van der Waals surface area contributed by atoms with E-state index in [1.54, 1.807) is 24.4 Å². The molecule has 3 N–H and O–H groups in total. The minimum absolute atomic E-state index is 0.0580. The molecule has 2 fully saturated rings. The van der Waals surface area contributed by atoms with E-state index >= 15 is 0 Å². The Bertz CT molecular complexity index is 1320. The van der Waals surface area contributed by atoms with Crippen LogP contribution in [0.15, 0.2) is 36.5 Å². The summed E-state index contributed by atoms with van der Waals surface area (Å²) in [5, 5.41) is 15.0. The smallest absolute Gasteiger partial charge is 0.230 e. The Kier molecular flexibility index (Phi) is 8.14. The van der Waals surface area contributed by atoms with Gasteiger partial charge in [0.1, 0.15) is 5.82 Å². The summed E-state index contributed by atoms with van der Waals surface area (Å²) < 4.78 is 25.7. The Morgan fingerprint density at radius 1 is 1.15 bits per heavy atom. The average Bonchev–Trinajstić information content (AvgIpc) is 3.40. The van der Waals surface area contributed by atoms with Gasteiger partial charge < -0.3 is 25.1 Å². The number of carbonyl (C=O) groups is 1. The predicted octanol–water partition coefficient (Wildman–Crippen LogP) is 4.50. The van der Waals surface area contributed by atoms with Crippen LogP contribution < -0.4 is 10.6 Å². The van der Waals surface area contributed by atoms with E-state index in [4.69, 9.17) is 19.7 Å². The summed E-state index contributed by atoms with van der Waals surface area (Å²) >= 11 is 0. The summed E-state index contributed by atoms with van der Waals surface area (Å²) in [4.78, 5) is 29.9. The molecular formula is C28H32FN7O3. The third-order valence-corrected chi connectivity index (χ3v) is 7.09. The van der Waals surface area contributed by atoms with Crippen molar-refractivity contribution in [1.29, 1.82) is 5.26 Å². The fraction of sp³-hybridized carbons (Fsp3) is 0.464. The number of imidazole rings is 1. The molecule has 1 aromatic carbocycles. The van der Waals surface area contributed by atoms with Crippen LogP contribution in [0, 0.1) is 22.6 Å². The minimum atomic E-state index is -0.816. The largest absolute Gasteiger partial charge is 0.353 e. The Labute approximate surface area is 226 Å². The van der Waals surface area contributed by atoms with Crippen LogP contribution in [0.3, 0.4) is 0 Å². The number of aromatic nitrogens is 4. The first-order chi connectivity index (χ1) is 18.9. The molecule has 5 rings (SSSR count). The summed E-state index contributed by atoms with van der Waals surface area (Å²) in [6, 6.07) is 10.0. The molecule has 1 aliphatic heterocycles. The Hall–Kier alpha value is -3.88. The maximum atomic E-state index is 13.7. The summed E-state index contributed by atoms with van der Waals surface area (Å²) in [6.45, 7) is 2.62. The number of hydrogen-bond donors (Lipinski definition) is 3. The van der Waals surface area contributed by atoms with Crippen molar-refractivity contribution >= 4 is 11.9 Å². The maximum absolute atomic E-state index is 13.7. The van der Waals surface area contributed by atoms with E-state index in [2.05, 4.69) is 31.7 Å². The van der Waals surface area contributed by atoms with Crippen molar-refractivity contribution in [2.75, 3.05) is 25.1 Å². The van der Waals surface area contributed by atoms with Gasteiger partial charge in [0.25, 0.3) is 0 Å². The first-order valence-corrected chi connectivity index (χ1v) is 13.3. The molecule has 0 unspecified atom stereocenters. The monoisotopic (exact) mass is 533 g/mol. The Morgan fingerprint density at radius 3 is 2.62 bits per heavy atom. The standard InChI is InChI=1S/C28H32FN7O3/c1-28(26(37)33-20-6-3-2-4-7-20)16-38-25(39-17-28)24-35-22(18-8-10-19(29)11-9-18)23(36-24)21-12-15-32-27(34-21)31-14-5-13-30/h8-12,15,20,25H,2-7,14,16-17H2,1H3,(H,33,37)(H,35,36)(H,31,32,34). The number of rotatable bonds is 8. The molecule has 1 amide bonds. The second-order valence-electron chi connectivity index (χ2n) is 10.3. The molecule has 0 spiro atoms. The second kappa shape index (κ2) is 11.9. The molecule has 39 heavy (non-hydrogen) atoms. The van der Waals surface area contributed by atoms with Gasteiger partial charge in [0, 0.05) is 24.3 Å². The number of benzene rings is 1. The third-order valence-electron chi connectivity index (χ3n) is 7.09. The first-order valence-electron chi connectivity index (χ1n) is 13.3. The highest BCUT2D eigenvalue weighted by atomic mass is 19.1. The molecule has 0 bridgehead atoms. The van der Waals surface area contributed by atoms with Gasteiger partial charge in [-0.3, -0.25) is 4.79 Å². The van der Waals surface area contributed by atoms with Crippen molar-refractivity contribution in [2.45, 2.75) is 57.8 Å². The molecule has 1 aliphatic carbocycles. The number of H-pyrrole nitrogens is 1. The molecule has 204 valence electrons. The third kappa shape index (κ3) is 6.24. The van der Waals surface area contributed by atoms with Crippen molar-refractivity contribution in [1.82, 2.24) is 25.3 Å². The van der Waals surface area contributed by atoms with Gasteiger partial charge in [0.2, 0.25) is 18.1 Å². The predicted molar refractivity (Wildman–Crippen MR) is 141 cm³/mol. The molecule has 2 aliphatic rings. The maximum Gasteiger partial charge on any atom is 0.230 e. The lowest BCUT2D eigenvalue weighted by Gasteiger charge is -2.37. The number of nitrogens with one attached hydrogen (secondary N) is 3. The van der Waals surface area contributed by atoms with Crippen molar-refractivity contribution in [3.8, 4) is 28.7 Å². The Balaban J connectivity index is 1.36. The number of carbonyl (C=O) groups excluding carboxylic acids is 1. The SMILES string of the molecule is CC1(C(=O)NC2CCCCC2)COC(c2nc(-c3ccc(F)cc3)c(-c3ccnc(NCCC#N)n3)[nH]2)OC1. The quantitative estimate of drug-likeness (QED) is 0.360. The van der Waals surface area contributed by atoms with Gasteiger partial charge >= 0.3 is 0 Å². The molecular weight excluding hydrogens is 501 g/mol. The van der Waals surface area contributed by atoms with Crippen LogP contribution in [-0.4, -0.2) is 51.6 Å². The molecule has 1 saturated carbocycles. The van der Waals surface area contributed by atoms with Gasteiger partial charge in [0.15, 0.2) is 5.82 Å². The van der Waals surface area contributed by atoms with E-state index < -0.39 is 11.7 Å². The topological polar surface area (TPSA) is 138 Å². The fourth-order valence-corrected chi connectivity index (χ4v) is 4.82. The lowest BCUT2D eigenvalue weighted by molar-refractivity contribution is -0.231. The highest BCUT2D eigenvalue weighted by molar-refractivity contribution is 5.83. The van der Waals surface area contributed by atoms with Crippen LogP contribution >= 0.6 is 0 Å². The highest BCUT2D eigenvalue weighted by Crippen LogP contribution is 2.36. The molecule has 3 aromatic rings. The normalized spacial score (nSPS) is 21.7. The first kappa shape index (κ1) is 26.7. The van der Waals surface area contributed by atoms with Crippen molar-refractivity contribution in [3.05, 3.63) is 48.2 Å². The van der Waals surface area contributed by atoms with Gasteiger partial charge in [-0.05, 0) is 50.1 Å². The van der Waals surface area contributed by atoms with Crippen molar-refractivity contribution in [3.63, 3.8) is 0 Å². The van der Waals surface area contributed by atoms with E-state index in [9.17, 15) is 9.18 Å². The van der Waals surface area contributed by atoms with Gasteiger partial charge in [-0.1, -0.05) is 19.3 Å². The number of ether oxygens (including phenoxy) is 2. The number of amides is 1. The lowest BCUT2D eigenvalue weighted by atomic mass is 9.89. The molecule has 0 radical (unpaired) electrons. The fourth-order valence-electron chi connectivity index (χ4n) is 4.82. The van der Waals surface area contributed by atoms with Gasteiger partial charge in [-0.15, -0.1) is 0 Å². The zero-order valence-electron chi connectivity index (χ0n) is 21.9. The molecule has 3 heterocycles. The average molecular weight is 534 g/mol. The van der Waals surface area contributed by atoms with Crippen LogP contribution in [0.4, 0.5) is 10.3 Å². The number of nitriles is 1. The van der Waals surface area contributed by atoms with Gasteiger partial charge in [-0.25, -0.2) is 19.3 Å². The summed E-state index contributed by atoms with van der Waals surface area (Å²) in [6.07, 6.45) is 6.61. The van der Waals surface area contributed by atoms with E-state index in [1.807, 2.05) is 6.92 Å². The number of aromatic amines is 1. The van der Waals surface area contributed by atoms with Crippen LogP contribution in [-0.2, 0) is 14.3 Å². The molecule has 2 aromatic heterocycles. The summed E-state index contributed by atoms with van der Waals surface area (Å²) in [5.41, 5.74) is 1.55. The van der Waals surface area contributed by atoms with Gasteiger partial charge in [0.05, 0.1) is 48.2 Å². The van der Waals surface area contributed by atoms with Crippen LogP contribution in [0.2, 0.25) is 0 Å². The lowest BCUT2D eigenvalue weighted by Crippen LogP contribution is -2.51. The van der Waals surface area contributed by atoms with E-state index in [1.165, 1.54) is 18.6 Å². The summed E-state index contributed by atoms with van der Waals surface area (Å²) in [7, 11) is 0. The van der Waals surface area contributed by atoms with Crippen molar-refractivity contribution in [2.24, 2.45) is 5.41 Å². The van der Waals surface area contributed by atoms with Gasteiger partial charge in [-0.2, -0.15) is 5.26 Å². The zero-order chi connectivity index (χ0) is 27.2. The van der Waals surface area contributed by atoms with Crippen molar-refractivity contribution < 1.29 is 18.7 Å². The van der Waals surface area contributed by atoms with Crippen LogP contribution in [0.1, 0.15) is 57.6 Å². The number of nitrogens with zero attached hydrogens (tertiary/aromatic N) is 4. The number of anilines is 1. The van der Waals surface area contributed by atoms with E-state index in [-0.39, 0.29) is 31.0 Å². The second-order valence-corrected chi connectivity index (χ2v) is 10.3. The van der Waals surface area contributed by atoms with Crippen LogP contribution in [0.25, 0.3) is 22.6 Å². The van der Waals surface area contributed by atoms with Crippen LogP contribution in [0.5, 0.6) is 0 Å². The highest BCUT2D eigenvalue weighted by Gasteiger charge is 2.41. The molecule has 1 saturated heterocycles. The van der Waals surface area contributed by atoms with E-state index in [0.717, 1.165) is 25.7 Å². The molecule has 0 atom stereocenters. The minimum Gasteiger partial charge on any atom is -0.353 e. The zero-order valence-corrected chi connectivity index (χ0v) is 21.9. The Morgan fingerprint density at radius 2 is 1.90 bits per heavy atom. The molecule has 10 nitrogen and oxygen atoms in total. The number of hydrogen-bond acceptors (Lipinski definition) is 8. The summed E-state index contributed by atoms with van der Waals surface area (Å²) in [5.74, 6) is 0.370. The van der Waals surface area contributed by atoms with E-state index in [0.29, 0.717) is 47.4 Å². The number of halogens is 1. The molecule has 11 heteroatoms.